The highest BCUT2D eigenvalue weighted by atomic mass is 35.5. The zero-order valence-corrected chi connectivity index (χ0v) is 25.8. The second-order valence-corrected chi connectivity index (χ2v) is 10.7. The first-order valence-electron chi connectivity index (χ1n) is 14.4. The number of phenols is 1. The second-order valence-electron chi connectivity index (χ2n) is 10.3. The average Bonchev–Trinajstić information content (AvgIpc) is 3.01. The number of nitrogens with two attached hydrogens (primary N) is 3. The van der Waals surface area contributed by atoms with Crippen LogP contribution < -0.4 is 37.9 Å². The molecule has 3 rings (SSSR count). The number of nitrogens with zero attached hydrogens (tertiary/aromatic N) is 3. The molecule has 2 atom stereocenters. The topological polar surface area (TPSA) is 236 Å². The predicted molar refractivity (Wildman–Crippen MR) is 174 cm³/mol. The van der Waals surface area contributed by atoms with Gasteiger partial charge in [-0.3, -0.25) is 19.9 Å². The van der Waals surface area contributed by atoms with E-state index >= 15 is 0 Å². The van der Waals surface area contributed by atoms with Crippen LogP contribution in [0.25, 0.3) is 0 Å². The van der Waals surface area contributed by atoms with Crippen molar-refractivity contribution in [3.63, 3.8) is 0 Å². The van der Waals surface area contributed by atoms with Gasteiger partial charge in [-0.1, -0.05) is 29.8 Å². The summed E-state index contributed by atoms with van der Waals surface area (Å²) in [4.78, 5) is 34.7. The number of hydrogen-bond acceptors (Lipinski definition) is 11. The van der Waals surface area contributed by atoms with Gasteiger partial charge in [0.15, 0.2) is 28.4 Å². The Morgan fingerprint density at radius 2 is 1.87 bits per heavy atom. The number of nitrogens with one attached hydrogen (secondary N) is 3. The summed E-state index contributed by atoms with van der Waals surface area (Å²) in [7, 11) is 0. The molecule has 0 bridgehead atoms. The van der Waals surface area contributed by atoms with Gasteiger partial charge in [-0.25, -0.2) is 9.97 Å². The van der Waals surface area contributed by atoms with Gasteiger partial charge in [-0.2, -0.15) is 0 Å². The van der Waals surface area contributed by atoms with E-state index in [1.807, 2.05) is 31.2 Å². The Hall–Kier alpha value is -4.66. The fourth-order valence-corrected chi connectivity index (χ4v) is 4.40. The Labute approximate surface area is 266 Å². The molecule has 0 saturated carbocycles. The number of benzene rings is 2. The van der Waals surface area contributed by atoms with Crippen molar-refractivity contribution in [2.75, 3.05) is 36.5 Å². The van der Waals surface area contributed by atoms with E-state index in [0.717, 1.165) is 37.9 Å². The van der Waals surface area contributed by atoms with E-state index < -0.39 is 12.0 Å². The lowest BCUT2D eigenvalue weighted by Gasteiger charge is -2.18. The van der Waals surface area contributed by atoms with E-state index in [4.69, 9.17) is 33.5 Å². The lowest BCUT2D eigenvalue weighted by Crippen LogP contribution is -2.38. The van der Waals surface area contributed by atoms with Crippen molar-refractivity contribution in [3.8, 4) is 11.5 Å². The van der Waals surface area contributed by atoms with Crippen molar-refractivity contribution >= 4 is 47.2 Å². The molecule has 0 aliphatic heterocycles. The third-order valence-electron chi connectivity index (χ3n) is 6.77. The highest BCUT2D eigenvalue weighted by molar-refractivity contribution is 6.31. The molecule has 0 radical (unpaired) electrons. The van der Waals surface area contributed by atoms with Crippen LogP contribution in [0.3, 0.4) is 0 Å². The number of aromatic hydroxyl groups is 1. The predicted octanol–water partition coefficient (Wildman–Crippen LogP) is 2.51. The van der Waals surface area contributed by atoms with Crippen LogP contribution in [0.4, 0.5) is 17.3 Å². The van der Waals surface area contributed by atoms with Crippen molar-refractivity contribution in [1.29, 1.82) is 0 Å². The van der Waals surface area contributed by atoms with Gasteiger partial charge in [-0.15, -0.1) is 0 Å². The highest BCUT2D eigenvalue weighted by Gasteiger charge is 2.17. The summed E-state index contributed by atoms with van der Waals surface area (Å²) in [6.45, 7) is 3.36. The quantitative estimate of drug-likeness (QED) is 0.0350. The number of unbranched alkanes of at least 4 members (excludes halogenated alkanes) is 1. The van der Waals surface area contributed by atoms with Gasteiger partial charge in [0.1, 0.15) is 11.5 Å². The molecule has 3 aromatic rings. The molecule has 0 fully saturated rings. The lowest BCUT2D eigenvalue weighted by molar-refractivity contribution is -0.105. The number of hydrogen-bond donors (Lipinski definition) is 8. The van der Waals surface area contributed by atoms with Crippen molar-refractivity contribution < 1.29 is 24.5 Å². The molecule has 15 heteroatoms. The minimum atomic E-state index is -0.786. The third kappa shape index (κ3) is 11.4. The maximum atomic E-state index is 12.3. The first-order chi connectivity index (χ1) is 21.6. The Morgan fingerprint density at radius 1 is 1.11 bits per heavy atom. The fourth-order valence-electron chi connectivity index (χ4n) is 4.27. The standard InChI is InChI=1S/C30H40ClN9O5/c1-18(36-16-24(43)20-9-12-23(42)22(15-20)37-17-41)5-4-14-45-21-10-7-19(8-11-21)6-2-3-13-35-30(34)40-29(44)25-27(32)39-28(33)26(31)38-25/h7-12,15,17-18,24,36,42-43H,2-6,13-14,16H2,1H3,(H,37,41)(H4,32,33,39)(H3,34,35,40,44)/t18?,24-/m0/s1. The summed E-state index contributed by atoms with van der Waals surface area (Å²) >= 11 is 5.80. The summed E-state index contributed by atoms with van der Waals surface area (Å²) in [6.07, 6.45) is 3.87. The molecule has 1 heterocycles. The van der Waals surface area contributed by atoms with E-state index in [2.05, 4.69) is 30.9 Å². The maximum absolute atomic E-state index is 12.3. The number of ether oxygens (including phenoxy) is 1. The molecule has 2 aromatic carbocycles. The molecule has 242 valence electrons. The normalized spacial score (nSPS) is 12.7. The van der Waals surface area contributed by atoms with Gasteiger partial charge in [0.2, 0.25) is 6.41 Å². The average molecular weight is 642 g/mol. The van der Waals surface area contributed by atoms with Crippen LogP contribution in [0.2, 0.25) is 5.15 Å². The first kappa shape index (κ1) is 34.8. The molecule has 1 unspecified atom stereocenters. The van der Waals surface area contributed by atoms with Crippen LogP contribution in [0.5, 0.6) is 11.5 Å². The number of carbonyl (C=O) groups is 2. The van der Waals surface area contributed by atoms with E-state index in [0.29, 0.717) is 31.7 Å². The van der Waals surface area contributed by atoms with Gasteiger partial charge in [0.25, 0.3) is 5.91 Å². The molecule has 0 saturated heterocycles. The van der Waals surface area contributed by atoms with E-state index in [-0.39, 0.29) is 45.9 Å². The second kappa shape index (κ2) is 17.6. The number of aryl methyl sites for hydroxylation is 1. The van der Waals surface area contributed by atoms with E-state index in [9.17, 15) is 19.8 Å². The molecule has 0 aliphatic carbocycles. The molecular formula is C30H40ClN9O5. The van der Waals surface area contributed by atoms with E-state index in [1.165, 1.54) is 11.6 Å². The zero-order chi connectivity index (χ0) is 32.8. The number of guanidine groups is 1. The summed E-state index contributed by atoms with van der Waals surface area (Å²) in [5.41, 5.74) is 18.8. The summed E-state index contributed by atoms with van der Waals surface area (Å²) in [5, 5.41) is 28.2. The van der Waals surface area contributed by atoms with Crippen LogP contribution >= 0.6 is 11.6 Å². The number of aliphatic imine (C=N–C) groups is 1. The number of carbonyl (C=O) groups excluding carboxylic acids is 2. The van der Waals surface area contributed by atoms with Crippen molar-refractivity contribution in [2.24, 2.45) is 10.7 Å². The minimum absolute atomic E-state index is 0.0595. The molecule has 45 heavy (non-hydrogen) atoms. The summed E-state index contributed by atoms with van der Waals surface area (Å²) in [6, 6.07) is 12.7. The zero-order valence-electron chi connectivity index (χ0n) is 25.0. The number of halogens is 1. The molecular weight excluding hydrogens is 602 g/mol. The minimum Gasteiger partial charge on any atom is -0.506 e. The number of phenolic OH excluding ortho intramolecular Hbond substituents is 1. The number of nitrogen functional groups attached to an aromatic ring is 2. The Morgan fingerprint density at radius 3 is 2.60 bits per heavy atom. The molecule has 1 aromatic heterocycles. The van der Waals surface area contributed by atoms with Crippen molar-refractivity contribution in [1.82, 2.24) is 20.6 Å². The Kier molecular flexibility index (Phi) is 13.6. The highest BCUT2D eigenvalue weighted by Crippen LogP contribution is 2.26. The van der Waals surface area contributed by atoms with Crippen LogP contribution in [0, 0.1) is 0 Å². The van der Waals surface area contributed by atoms with Crippen LogP contribution in [-0.2, 0) is 11.2 Å². The van der Waals surface area contributed by atoms with Crippen molar-refractivity contribution in [3.05, 3.63) is 64.4 Å². The SMILES string of the molecule is CC(CCCOc1ccc(CCCCN=C(N)NC(=O)c2nc(Cl)c(N)nc2N)cc1)NC[C@H](O)c1ccc(O)c(NC=O)c1. The van der Waals surface area contributed by atoms with Gasteiger partial charge in [0, 0.05) is 19.1 Å². The molecule has 0 aliphatic rings. The maximum Gasteiger partial charge on any atom is 0.280 e. The van der Waals surface area contributed by atoms with Crippen molar-refractivity contribution in [2.45, 2.75) is 51.2 Å². The van der Waals surface area contributed by atoms with Crippen LogP contribution in [0.15, 0.2) is 47.5 Å². The van der Waals surface area contributed by atoms with Gasteiger partial charge < -0.3 is 42.8 Å². The number of anilines is 3. The van der Waals surface area contributed by atoms with Crippen LogP contribution in [-0.4, -0.2) is 64.2 Å². The Balaban J connectivity index is 1.28. The fraction of sp³-hybridized carbons (Fsp3) is 0.367. The molecule has 11 N–H and O–H groups in total. The smallest absolute Gasteiger partial charge is 0.280 e. The largest absolute Gasteiger partial charge is 0.506 e. The Bertz CT molecular complexity index is 1460. The summed E-state index contributed by atoms with van der Waals surface area (Å²) < 4.78 is 5.87. The number of aliphatic hydroxyl groups is 1. The van der Waals surface area contributed by atoms with Gasteiger partial charge in [0.05, 0.1) is 18.4 Å². The summed E-state index contributed by atoms with van der Waals surface area (Å²) in [5.74, 6) is -0.235. The first-order valence-corrected chi connectivity index (χ1v) is 14.8. The van der Waals surface area contributed by atoms with Crippen LogP contribution in [0.1, 0.15) is 60.3 Å². The molecule has 2 amide bonds. The third-order valence-corrected chi connectivity index (χ3v) is 7.05. The number of amides is 2. The molecule has 14 nitrogen and oxygen atoms in total. The van der Waals surface area contributed by atoms with Gasteiger partial charge >= 0.3 is 0 Å². The number of aliphatic hydroxyl groups excluding tert-OH is 1. The monoisotopic (exact) mass is 641 g/mol. The van der Waals surface area contributed by atoms with Gasteiger partial charge in [-0.05, 0) is 74.4 Å². The molecule has 0 spiro atoms. The number of aromatic nitrogens is 2. The lowest BCUT2D eigenvalue weighted by atomic mass is 10.1. The van der Waals surface area contributed by atoms with E-state index in [1.54, 1.807) is 12.1 Å². The number of rotatable bonds is 17.